The normalized spacial score (nSPS) is 18.9. The molecule has 38 heavy (non-hydrogen) atoms. The molecule has 2 aromatic rings. The van der Waals surface area contributed by atoms with Crippen LogP contribution in [0.15, 0.2) is 47.4 Å². The molecule has 2 heterocycles. The molecule has 0 bridgehead atoms. The van der Waals surface area contributed by atoms with Crippen LogP contribution in [0.2, 0.25) is 0 Å². The summed E-state index contributed by atoms with van der Waals surface area (Å²) >= 11 is 0. The number of hydrogen-bond donors (Lipinski definition) is 1. The monoisotopic (exact) mass is 546 g/mol. The second-order valence-electron chi connectivity index (χ2n) is 9.76. The number of methoxy groups -OCH3 is 2. The number of likely N-dealkylation sites (N-methyl/N-ethyl adjacent to an activating group) is 1. The maximum absolute atomic E-state index is 13.3. The summed E-state index contributed by atoms with van der Waals surface area (Å²) in [4.78, 5) is 16.0. The summed E-state index contributed by atoms with van der Waals surface area (Å²) < 4.78 is 44.6. The lowest BCUT2D eigenvalue weighted by atomic mass is 10.1. The summed E-state index contributed by atoms with van der Waals surface area (Å²) in [6, 6.07) is 13.1. The second-order valence-corrected chi connectivity index (χ2v) is 11.7. The third-order valence-corrected chi connectivity index (χ3v) is 8.88. The van der Waals surface area contributed by atoms with E-state index < -0.39 is 10.0 Å². The van der Waals surface area contributed by atoms with Crippen LogP contribution < -0.4 is 19.5 Å². The molecule has 1 N–H and O–H groups in total. The fraction of sp³-hybridized carbons (Fsp3) is 0.519. The molecule has 208 valence electrons. The quantitative estimate of drug-likeness (QED) is 0.430. The van der Waals surface area contributed by atoms with Crippen molar-refractivity contribution in [3.05, 3.63) is 48.0 Å². The fourth-order valence-electron chi connectivity index (χ4n) is 4.91. The lowest BCUT2D eigenvalue weighted by Gasteiger charge is -2.34. The van der Waals surface area contributed by atoms with E-state index in [9.17, 15) is 13.2 Å². The van der Waals surface area contributed by atoms with E-state index in [1.807, 2.05) is 12.1 Å². The van der Waals surface area contributed by atoms with E-state index in [2.05, 4.69) is 34.3 Å². The molecule has 0 saturated carbocycles. The Hall–Kier alpha value is -2.86. The molecule has 0 aromatic heterocycles. The van der Waals surface area contributed by atoms with Crippen molar-refractivity contribution < 1.29 is 27.4 Å². The van der Waals surface area contributed by atoms with Crippen molar-refractivity contribution in [3.63, 3.8) is 0 Å². The van der Waals surface area contributed by atoms with Crippen molar-refractivity contribution in [2.24, 2.45) is 0 Å². The topological polar surface area (TPSA) is 101 Å². The van der Waals surface area contributed by atoms with Gasteiger partial charge in [-0.05, 0) is 43.3 Å². The zero-order chi connectivity index (χ0) is 27.1. The molecule has 1 amide bonds. The van der Waals surface area contributed by atoms with E-state index in [-0.39, 0.29) is 16.8 Å². The molecule has 2 fully saturated rings. The Bertz CT molecular complexity index is 1200. The smallest absolute Gasteiger partial charge is 0.246 e. The SMILES string of the molecule is COc1ccc(OC)c(S(=O)(=O)N2CCN(CCOc3cccc(CN(C)C[C@H]4CCC(=O)N4)c3)CC2)c1. The Kier molecular flexibility index (Phi) is 9.48. The number of carbonyl (C=O) groups excluding carboxylic acids is 1. The van der Waals surface area contributed by atoms with Gasteiger partial charge in [-0.2, -0.15) is 4.31 Å². The molecule has 2 aliphatic heterocycles. The summed E-state index contributed by atoms with van der Waals surface area (Å²) in [5, 5.41) is 3.01. The van der Waals surface area contributed by atoms with E-state index >= 15 is 0 Å². The zero-order valence-corrected chi connectivity index (χ0v) is 23.2. The summed E-state index contributed by atoms with van der Waals surface area (Å²) in [5.74, 6) is 1.73. The van der Waals surface area contributed by atoms with Crippen LogP contribution >= 0.6 is 0 Å². The molecule has 2 aromatic carbocycles. The Labute approximate surface area is 225 Å². The van der Waals surface area contributed by atoms with Gasteiger partial charge in [-0.25, -0.2) is 8.42 Å². The number of nitrogens with one attached hydrogen (secondary N) is 1. The zero-order valence-electron chi connectivity index (χ0n) is 22.4. The number of piperazine rings is 1. The summed E-state index contributed by atoms with van der Waals surface area (Å²) in [6.07, 6.45) is 1.51. The molecule has 0 spiro atoms. The number of ether oxygens (including phenoxy) is 3. The average Bonchev–Trinajstić information content (AvgIpc) is 3.32. The molecular weight excluding hydrogens is 508 g/mol. The van der Waals surface area contributed by atoms with Crippen molar-refractivity contribution >= 4 is 15.9 Å². The van der Waals surface area contributed by atoms with Gasteiger partial charge in [-0.1, -0.05) is 12.1 Å². The van der Waals surface area contributed by atoms with Gasteiger partial charge in [0.25, 0.3) is 0 Å². The summed E-state index contributed by atoms with van der Waals surface area (Å²) in [7, 11) is 1.32. The van der Waals surface area contributed by atoms with Gasteiger partial charge in [-0.3, -0.25) is 9.69 Å². The maximum Gasteiger partial charge on any atom is 0.246 e. The van der Waals surface area contributed by atoms with Gasteiger partial charge in [0, 0.05) is 64.3 Å². The number of sulfonamides is 1. The van der Waals surface area contributed by atoms with E-state index in [1.165, 1.54) is 24.6 Å². The van der Waals surface area contributed by atoms with Crippen molar-refractivity contribution in [1.29, 1.82) is 0 Å². The first-order chi connectivity index (χ1) is 18.3. The molecule has 0 aliphatic carbocycles. The van der Waals surface area contributed by atoms with Crippen LogP contribution in [0, 0.1) is 0 Å². The summed E-state index contributed by atoms with van der Waals surface area (Å²) in [6.45, 7) is 4.86. The molecule has 4 rings (SSSR count). The highest BCUT2D eigenvalue weighted by Gasteiger charge is 2.31. The van der Waals surface area contributed by atoms with Gasteiger partial charge >= 0.3 is 0 Å². The third kappa shape index (κ3) is 7.16. The van der Waals surface area contributed by atoms with Crippen LogP contribution in [0.25, 0.3) is 0 Å². The van der Waals surface area contributed by atoms with Gasteiger partial charge in [0.05, 0.1) is 14.2 Å². The lowest BCUT2D eigenvalue weighted by Crippen LogP contribution is -2.49. The highest BCUT2D eigenvalue weighted by Crippen LogP contribution is 2.31. The number of rotatable bonds is 12. The van der Waals surface area contributed by atoms with Crippen LogP contribution in [-0.4, -0.2) is 102 Å². The predicted molar refractivity (Wildman–Crippen MR) is 144 cm³/mol. The van der Waals surface area contributed by atoms with Gasteiger partial charge in [0.2, 0.25) is 15.9 Å². The molecule has 0 radical (unpaired) electrons. The van der Waals surface area contributed by atoms with Crippen molar-refractivity contribution in [3.8, 4) is 17.2 Å². The minimum Gasteiger partial charge on any atom is -0.497 e. The molecule has 11 heteroatoms. The molecular formula is C27H38N4O6S. The second kappa shape index (κ2) is 12.8. The van der Waals surface area contributed by atoms with Crippen LogP contribution in [-0.2, 0) is 21.4 Å². The van der Waals surface area contributed by atoms with Crippen molar-refractivity contribution in [1.82, 2.24) is 19.4 Å². The first kappa shape index (κ1) is 28.2. The number of carbonyl (C=O) groups is 1. The minimum absolute atomic E-state index is 0.120. The number of benzene rings is 2. The highest BCUT2D eigenvalue weighted by atomic mass is 32.2. The van der Waals surface area contributed by atoms with Crippen LogP contribution in [0.5, 0.6) is 17.2 Å². The Morgan fingerprint density at radius 2 is 1.82 bits per heavy atom. The van der Waals surface area contributed by atoms with E-state index in [1.54, 1.807) is 12.1 Å². The third-order valence-electron chi connectivity index (χ3n) is 6.96. The molecule has 2 saturated heterocycles. The molecule has 10 nitrogen and oxygen atoms in total. The van der Waals surface area contributed by atoms with Gasteiger partial charge in [0.15, 0.2) is 0 Å². The van der Waals surface area contributed by atoms with Crippen molar-refractivity contribution in [2.75, 3.05) is 67.1 Å². The number of amides is 1. The predicted octanol–water partition coefficient (Wildman–Crippen LogP) is 1.80. The number of nitrogens with zero attached hydrogens (tertiary/aromatic N) is 3. The van der Waals surface area contributed by atoms with Crippen molar-refractivity contribution in [2.45, 2.75) is 30.3 Å². The van der Waals surface area contributed by atoms with E-state index in [4.69, 9.17) is 14.2 Å². The maximum atomic E-state index is 13.3. The van der Waals surface area contributed by atoms with Crippen LogP contribution in [0.4, 0.5) is 0 Å². The molecule has 1 atom stereocenters. The largest absolute Gasteiger partial charge is 0.497 e. The van der Waals surface area contributed by atoms with E-state index in [0.29, 0.717) is 57.3 Å². The first-order valence-corrected chi connectivity index (χ1v) is 14.4. The molecule has 2 aliphatic rings. The highest BCUT2D eigenvalue weighted by molar-refractivity contribution is 7.89. The van der Waals surface area contributed by atoms with Crippen LogP contribution in [0.3, 0.4) is 0 Å². The minimum atomic E-state index is -3.70. The lowest BCUT2D eigenvalue weighted by molar-refractivity contribution is -0.119. The molecule has 0 unspecified atom stereocenters. The van der Waals surface area contributed by atoms with Gasteiger partial charge < -0.3 is 24.4 Å². The standard InChI is InChI=1S/C27H38N4O6S/c1-29(20-22-7-10-27(32)28-22)19-21-5-4-6-24(17-21)37-16-15-30-11-13-31(14-12-30)38(33,34)26-18-23(35-2)8-9-25(26)36-3/h4-6,8-9,17-18,22H,7,10-16,19-20H2,1-3H3,(H,28,32)/t22-/m1/s1. The summed E-state index contributed by atoms with van der Waals surface area (Å²) in [5.41, 5.74) is 1.15. The Balaban J connectivity index is 1.23. The van der Waals surface area contributed by atoms with E-state index in [0.717, 1.165) is 30.8 Å². The average molecular weight is 547 g/mol. The Morgan fingerprint density at radius 1 is 1.03 bits per heavy atom. The fourth-order valence-corrected chi connectivity index (χ4v) is 6.50. The van der Waals surface area contributed by atoms with Gasteiger partial charge in [0.1, 0.15) is 28.8 Å². The Morgan fingerprint density at radius 3 is 2.50 bits per heavy atom. The first-order valence-electron chi connectivity index (χ1n) is 12.9. The number of hydrogen-bond acceptors (Lipinski definition) is 8. The van der Waals surface area contributed by atoms with Crippen LogP contribution in [0.1, 0.15) is 18.4 Å². The van der Waals surface area contributed by atoms with Gasteiger partial charge in [-0.15, -0.1) is 0 Å².